The van der Waals surface area contributed by atoms with Crippen LogP contribution in [0.1, 0.15) is 37.9 Å². The molecule has 1 aromatic heterocycles. The summed E-state index contributed by atoms with van der Waals surface area (Å²) in [5.74, 6) is 0.809. The Hall–Kier alpha value is -0.410. The zero-order valence-electron chi connectivity index (χ0n) is 9.84. The molecule has 2 rings (SSSR count). The minimum absolute atomic E-state index is 0.197. The van der Waals surface area contributed by atoms with E-state index in [4.69, 9.17) is 4.98 Å². The van der Waals surface area contributed by atoms with E-state index in [0.717, 1.165) is 12.3 Å². The van der Waals surface area contributed by atoms with Crippen LogP contribution in [0.25, 0.3) is 0 Å². The molecule has 1 atom stereocenters. The van der Waals surface area contributed by atoms with Gasteiger partial charge in [-0.2, -0.15) is 0 Å². The largest absolute Gasteiger partial charge is 0.316 e. The molecule has 1 aliphatic rings. The number of nitrogens with one attached hydrogen (secondary N) is 1. The van der Waals surface area contributed by atoms with Crippen molar-refractivity contribution in [2.45, 2.75) is 39.0 Å². The molecule has 1 saturated heterocycles. The Morgan fingerprint density at radius 3 is 2.87 bits per heavy atom. The molecule has 1 fully saturated rings. The fourth-order valence-corrected chi connectivity index (χ4v) is 3.02. The predicted octanol–water partition coefficient (Wildman–Crippen LogP) is 2.59. The summed E-state index contributed by atoms with van der Waals surface area (Å²) in [5, 5.41) is 6.94. The Morgan fingerprint density at radius 2 is 2.33 bits per heavy atom. The lowest BCUT2D eigenvalue weighted by Gasteiger charge is -2.14. The molecule has 84 valence electrons. The van der Waals surface area contributed by atoms with Gasteiger partial charge < -0.3 is 5.32 Å². The van der Waals surface area contributed by atoms with Gasteiger partial charge in [-0.25, -0.2) is 4.98 Å². The van der Waals surface area contributed by atoms with E-state index in [0.29, 0.717) is 0 Å². The summed E-state index contributed by atoms with van der Waals surface area (Å²) in [7, 11) is 0. The van der Waals surface area contributed by atoms with Crippen molar-refractivity contribution < 1.29 is 0 Å². The monoisotopic (exact) mass is 224 g/mol. The lowest BCUT2D eigenvalue weighted by Crippen LogP contribution is -2.13. The number of hydrogen-bond acceptors (Lipinski definition) is 3. The molecule has 1 aromatic rings. The van der Waals surface area contributed by atoms with Gasteiger partial charge >= 0.3 is 0 Å². The highest BCUT2D eigenvalue weighted by Crippen LogP contribution is 2.25. The molecule has 0 amide bonds. The van der Waals surface area contributed by atoms with Crippen molar-refractivity contribution in [3.05, 3.63) is 16.1 Å². The fraction of sp³-hybridized carbons (Fsp3) is 0.750. The van der Waals surface area contributed by atoms with E-state index < -0.39 is 0 Å². The molecule has 1 N–H and O–H groups in total. The first-order valence-electron chi connectivity index (χ1n) is 5.71. The van der Waals surface area contributed by atoms with Crippen LogP contribution < -0.4 is 5.32 Å². The Balaban J connectivity index is 2.00. The van der Waals surface area contributed by atoms with E-state index in [1.807, 2.05) is 11.3 Å². The number of hydrogen-bond donors (Lipinski definition) is 1. The summed E-state index contributed by atoms with van der Waals surface area (Å²) in [5.41, 5.74) is 1.44. The molecule has 1 aliphatic heterocycles. The second-order valence-corrected chi connectivity index (χ2v) is 6.38. The third-order valence-corrected chi connectivity index (χ3v) is 3.82. The average Bonchev–Trinajstić information content (AvgIpc) is 2.73. The van der Waals surface area contributed by atoms with Crippen molar-refractivity contribution in [2.24, 2.45) is 5.92 Å². The van der Waals surface area contributed by atoms with Crippen LogP contribution in [0, 0.1) is 5.92 Å². The van der Waals surface area contributed by atoms with Crippen LogP contribution in [-0.2, 0) is 11.8 Å². The van der Waals surface area contributed by atoms with Crippen LogP contribution in [-0.4, -0.2) is 18.1 Å². The highest BCUT2D eigenvalue weighted by atomic mass is 32.1. The van der Waals surface area contributed by atoms with E-state index in [9.17, 15) is 0 Å². The normalized spacial score (nSPS) is 22.2. The summed E-state index contributed by atoms with van der Waals surface area (Å²) < 4.78 is 0. The van der Waals surface area contributed by atoms with Crippen molar-refractivity contribution in [3.63, 3.8) is 0 Å². The predicted molar refractivity (Wildman–Crippen MR) is 65.5 cm³/mol. The van der Waals surface area contributed by atoms with Crippen molar-refractivity contribution in [1.82, 2.24) is 10.3 Å². The number of aromatic nitrogens is 1. The first kappa shape index (κ1) is 11.1. The van der Waals surface area contributed by atoms with Gasteiger partial charge in [0.25, 0.3) is 0 Å². The Kier molecular flexibility index (Phi) is 3.12. The molecule has 0 aromatic carbocycles. The van der Waals surface area contributed by atoms with E-state index in [1.165, 1.54) is 30.2 Å². The van der Waals surface area contributed by atoms with Gasteiger partial charge in [-0.1, -0.05) is 20.8 Å². The van der Waals surface area contributed by atoms with Crippen LogP contribution in [0.2, 0.25) is 0 Å². The summed E-state index contributed by atoms with van der Waals surface area (Å²) >= 11 is 1.82. The molecule has 15 heavy (non-hydrogen) atoms. The first-order chi connectivity index (χ1) is 7.05. The molecule has 0 saturated carbocycles. The first-order valence-corrected chi connectivity index (χ1v) is 6.59. The molecular weight excluding hydrogens is 204 g/mol. The van der Waals surface area contributed by atoms with Gasteiger partial charge in [0.05, 0.1) is 10.7 Å². The van der Waals surface area contributed by atoms with Crippen molar-refractivity contribution in [1.29, 1.82) is 0 Å². The van der Waals surface area contributed by atoms with Crippen molar-refractivity contribution >= 4 is 11.3 Å². The van der Waals surface area contributed by atoms with Crippen LogP contribution in [0.5, 0.6) is 0 Å². The molecule has 0 bridgehead atoms. The fourth-order valence-electron chi connectivity index (χ4n) is 1.88. The van der Waals surface area contributed by atoms with Crippen LogP contribution in [0.3, 0.4) is 0 Å². The third-order valence-electron chi connectivity index (χ3n) is 2.95. The van der Waals surface area contributed by atoms with Crippen LogP contribution in [0.4, 0.5) is 0 Å². The quantitative estimate of drug-likeness (QED) is 0.835. The maximum atomic E-state index is 4.74. The van der Waals surface area contributed by atoms with Crippen molar-refractivity contribution in [2.75, 3.05) is 13.1 Å². The van der Waals surface area contributed by atoms with E-state index >= 15 is 0 Å². The zero-order chi connectivity index (χ0) is 10.9. The number of nitrogens with zero attached hydrogens (tertiary/aromatic N) is 1. The topological polar surface area (TPSA) is 24.9 Å². The molecule has 0 radical (unpaired) electrons. The third kappa shape index (κ3) is 2.79. The minimum Gasteiger partial charge on any atom is -0.316 e. The summed E-state index contributed by atoms with van der Waals surface area (Å²) in [4.78, 5) is 4.74. The summed E-state index contributed by atoms with van der Waals surface area (Å²) in [6.45, 7) is 9.03. The molecular formula is C12H20N2S. The van der Waals surface area contributed by atoms with Crippen LogP contribution >= 0.6 is 11.3 Å². The smallest absolute Gasteiger partial charge is 0.0931 e. The van der Waals surface area contributed by atoms with Gasteiger partial charge in [0.1, 0.15) is 0 Å². The maximum absolute atomic E-state index is 4.74. The van der Waals surface area contributed by atoms with E-state index in [2.05, 4.69) is 31.5 Å². The standard InChI is InChI=1S/C12H20N2S/c1-12(2,3)10-8-15-11(14-10)6-9-4-5-13-7-9/h8-9,13H,4-7H2,1-3H3. The van der Waals surface area contributed by atoms with Gasteiger partial charge in [-0.05, 0) is 25.4 Å². The van der Waals surface area contributed by atoms with Gasteiger partial charge in [-0.3, -0.25) is 0 Å². The Labute approximate surface area is 96.1 Å². The molecule has 1 unspecified atom stereocenters. The lowest BCUT2D eigenvalue weighted by molar-refractivity contribution is 0.554. The summed E-state index contributed by atoms with van der Waals surface area (Å²) in [6, 6.07) is 0. The van der Waals surface area contributed by atoms with E-state index in [1.54, 1.807) is 0 Å². The average molecular weight is 224 g/mol. The lowest BCUT2D eigenvalue weighted by atomic mass is 9.93. The van der Waals surface area contributed by atoms with Gasteiger partial charge in [-0.15, -0.1) is 11.3 Å². The maximum Gasteiger partial charge on any atom is 0.0931 e. The van der Waals surface area contributed by atoms with E-state index in [-0.39, 0.29) is 5.41 Å². The molecule has 3 heteroatoms. The minimum atomic E-state index is 0.197. The van der Waals surface area contributed by atoms with Gasteiger partial charge in [0, 0.05) is 17.2 Å². The zero-order valence-corrected chi connectivity index (χ0v) is 10.7. The Morgan fingerprint density at radius 1 is 1.53 bits per heavy atom. The number of rotatable bonds is 2. The molecule has 0 spiro atoms. The van der Waals surface area contributed by atoms with Crippen LogP contribution in [0.15, 0.2) is 5.38 Å². The second kappa shape index (κ2) is 4.22. The highest BCUT2D eigenvalue weighted by molar-refractivity contribution is 7.09. The van der Waals surface area contributed by atoms with Gasteiger partial charge in [0.2, 0.25) is 0 Å². The Bertz CT molecular complexity index is 319. The SMILES string of the molecule is CC(C)(C)c1csc(CC2CCNC2)n1. The molecule has 0 aliphatic carbocycles. The second-order valence-electron chi connectivity index (χ2n) is 5.44. The molecule has 2 nitrogen and oxygen atoms in total. The van der Waals surface area contributed by atoms with Crippen molar-refractivity contribution in [3.8, 4) is 0 Å². The van der Waals surface area contributed by atoms with Gasteiger partial charge in [0.15, 0.2) is 0 Å². The number of thiazole rings is 1. The molecule has 2 heterocycles. The highest BCUT2D eigenvalue weighted by Gasteiger charge is 2.20. The summed E-state index contributed by atoms with van der Waals surface area (Å²) in [6.07, 6.45) is 2.47.